The minimum atomic E-state index is -0.0275. The van der Waals surface area contributed by atoms with Crippen LogP contribution in [-0.2, 0) is 11.2 Å². The van der Waals surface area contributed by atoms with Crippen LogP contribution in [-0.4, -0.2) is 24.5 Å². The highest BCUT2D eigenvalue weighted by Gasteiger charge is 2.30. The molecule has 1 heterocycles. The minimum Gasteiger partial charge on any atom is -0.497 e. The molecule has 0 saturated heterocycles. The molecule has 0 bridgehead atoms. The zero-order valence-electron chi connectivity index (χ0n) is 12.7. The van der Waals surface area contributed by atoms with Gasteiger partial charge < -0.3 is 9.64 Å². The van der Waals surface area contributed by atoms with Crippen molar-refractivity contribution in [3.05, 3.63) is 63.6 Å². The maximum absolute atomic E-state index is 12.1. The van der Waals surface area contributed by atoms with E-state index < -0.39 is 0 Å². The molecule has 114 valence electrons. The molecule has 0 aromatic heterocycles. The van der Waals surface area contributed by atoms with E-state index >= 15 is 0 Å². The molecule has 0 radical (unpaired) electrons. The lowest BCUT2D eigenvalue weighted by molar-refractivity contribution is -0.130. The first kappa shape index (κ1) is 15.1. The number of carbonyl (C=O) groups is 1. The van der Waals surface area contributed by atoms with E-state index in [1.54, 1.807) is 14.0 Å². The third kappa shape index (κ3) is 2.75. The summed E-state index contributed by atoms with van der Waals surface area (Å²) in [4.78, 5) is 14.0. The predicted octanol–water partition coefficient (Wildman–Crippen LogP) is 3.95. The van der Waals surface area contributed by atoms with Crippen LogP contribution in [0.5, 0.6) is 5.75 Å². The fourth-order valence-electron chi connectivity index (χ4n) is 3.07. The summed E-state index contributed by atoms with van der Waals surface area (Å²) in [5.74, 6) is 0.971. The van der Waals surface area contributed by atoms with Crippen molar-refractivity contribution in [1.29, 1.82) is 0 Å². The zero-order chi connectivity index (χ0) is 15.7. The van der Waals surface area contributed by atoms with Crippen molar-refractivity contribution in [2.75, 3.05) is 13.7 Å². The van der Waals surface area contributed by atoms with Gasteiger partial charge >= 0.3 is 0 Å². The molecule has 4 heteroatoms. The summed E-state index contributed by atoms with van der Waals surface area (Å²) >= 11 is 3.47. The molecule has 0 N–H and O–H groups in total. The summed E-state index contributed by atoms with van der Waals surface area (Å²) < 4.78 is 6.36. The normalized spacial score (nSPS) is 17.0. The summed E-state index contributed by atoms with van der Waals surface area (Å²) in [6, 6.07) is 14.3. The van der Waals surface area contributed by atoms with Crippen molar-refractivity contribution in [2.24, 2.45) is 0 Å². The van der Waals surface area contributed by atoms with Crippen molar-refractivity contribution in [2.45, 2.75) is 19.4 Å². The molecule has 1 atom stereocenters. The molecule has 3 nitrogen and oxygen atoms in total. The molecule has 0 spiro atoms. The van der Waals surface area contributed by atoms with E-state index in [0.717, 1.165) is 28.8 Å². The van der Waals surface area contributed by atoms with Crippen molar-refractivity contribution < 1.29 is 9.53 Å². The van der Waals surface area contributed by atoms with Gasteiger partial charge in [-0.2, -0.15) is 0 Å². The maximum Gasteiger partial charge on any atom is 0.220 e. The molecular weight excluding hydrogens is 342 g/mol. The number of halogens is 1. The van der Waals surface area contributed by atoms with Gasteiger partial charge in [0.25, 0.3) is 0 Å². The Morgan fingerprint density at radius 3 is 2.59 bits per heavy atom. The Labute approximate surface area is 139 Å². The van der Waals surface area contributed by atoms with Crippen LogP contribution in [0.15, 0.2) is 46.9 Å². The standard InChI is InChI=1S/C18H18BrNO2/c1-12(21)20-10-9-14-11-16(22-2)7-8-17(14)18(20)13-3-5-15(19)6-4-13/h3-8,11,18H,9-10H2,1-2H3. The molecule has 3 rings (SSSR count). The Kier molecular flexibility index (Phi) is 4.21. The highest BCUT2D eigenvalue weighted by atomic mass is 79.9. The largest absolute Gasteiger partial charge is 0.497 e. The molecule has 1 aliphatic heterocycles. The Morgan fingerprint density at radius 1 is 1.23 bits per heavy atom. The molecule has 2 aromatic rings. The molecule has 1 aliphatic rings. The Morgan fingerprint density at radius 2 is 1.95 bits per heavy atom. The van der Waals surface area contributed by atoms with Crippen LogP contribution < -0.4 is 4.74 Å². The van der Waals surface area contributed by atoms with Gasteiger partial charge in [-0.25, -0.2) is 0 Å². The highest BCUT2D eigenvalue weighted by Crippen LogP contribution is 2.37. The van der Waals surface area contributed by atoms with Crippen LogP contribution >= 0.6 is 15.9 Å². The van der Waals surface area contributed by atoms with E-state index in [2.05, 4.69) is 40.2 Å². The molecule has 0 saturated carbocycles. The van der Waals surface area contributed by atoms with E-state index in [0.29, 0.717) is 0 Å². The molecule has 0 aliphatic carbocycles. The van der Waals surface area contributed by atoms with E-state index in [4.69, 9.17) is 4.74 Å². The third-order valence-electron chi connectivity index (χ3n) is 4.17. The number of methoxy groups -OCH3 is 1. The molecule has 0 fully saturated rings. The summed E-state index contributed by atoms with van der Waals surface area (Å²) in [6.07, 6.45) is 0.860. The summed E-state index contributed by atoms with van der Waals surface area (Å²) in [5, 5.41) is 0. The van der Waals surface area contributed by atoms with Crippen LogP contribution in [0.2, 0.25) is 0 Å². The fraction of sp³-hybridized carbons (Fsp3) is 0.278. The third-order valence-corrected chi connectivity index (χ3v) is 4.70. The molecule has 2 aromatic carbocycles. The Hall–Kier alpha value is -1.81. The van der Waals surface area contributed by atoms with Crippen LogP contribution in [0.25, 0.3) is 0 Å². The van der Waals surface area contributed by atoms with Crippen molar-refractivity contribution in [3.63, 3.8) is 0 Å². The number of amides is 1. The van der Waals surface area contributed by atoms with Gasteiger partial charge in [0.15, 0.2) is 0 Å². The fourth-order valence-corrected chi connectivity index (χ4v) is 3.34. The van der Waals surface area contributed by atoms with Crippen LogP contribution in [0.1, 0.15) is 29.7 Å². The van der Waals surface area contributed by atoms with Crippen molar-refractivity contribution >= 4 is 21.8 Å². The van der Waals surface area contributed by atoms with Crippen LogP contribution in [0.4, 0.5) is 0 Å². The van der Waals surface area contributed by atoms with Gasteiger partial charge in [0.1, 0.15) is 5.75 Å². The number of ether oxygens (including phenoxy) is 1. The van der Waals surface area contributed by atoms with Gasteiger partial charge in [0.05, 0.1) is 13.2 Å². The number of benzene rings is 2. The van der Waals surface area contributed by atoms with Gasteiger partial charge in [-0.05, 0) is 47.4 Å². The van der Waals surface area contributed by atoms with Gasteiger partial charge in [0, 0.05) is 17.9 Å². The lowest BCUT2D eigenvalue weighted by Gasteiger charge is -2.37. The quantitative estimate of drug-likeness (QED) is 0.812. The SMILES string of the molecule is COc1ccc2c(c1)CCN(C(C)=O)C2c1ccc(Br)cc1. The smallest absolute Gasteiger partial charge is 0.220 e. The number of hydrogen-bond donors (Lipinski definition) is 0. The van der Waals surface area contributed by atoms with Gasteiger partial charge in [0.2, 0.25) is 5.91 Å². The van der Waals surface area contributed by atoms with E-state index in [9.17, 15) is 4.79 Å². The first-order chi connectivity index (χ1) is 10.6. The topological polar surface area (TPSA) is 29.5 Å². The lowest BCUT2D eigenvalue weighted by Crippen LogP contribution is -2.39. The van der Waals surface area contributed by atoms with Gasteiger partial charge in [-0.15, -0.1) is 0 Å². The number of fused-ring (bicyclic) bond motifs is 1. The Bertz CT molecular complexity index is 697. The molecule has 22 heavy (non-hydrogen) atoms. The minimum absolute atomic E-state index is 0.0275. The van der Waals surface area contributed by atoms with Crippen LogP contribution in [0.3, 0.4) is 0 Å². The summed E-state index contributed by atoms with van der Waals surface area (Å²) in [6.45, 7) is 2.37. The second-order valence-electron chi connectivity index (χ2n) is 5.48. The monoisotopic (exact) mass is 359 g/mol. The number of rotatable bonds is 2. The molecule has 1 unspecified atom stereocenters. The van der Waals surface area contributed by atoms with Crippen LogP contribution in [0, 0.1) is 0 Å². The number of nitrogens with zero attached hydrogens (tertiary/aromatic N) is 1. The zero-order valence-corrected chi connectivity index (χ0v) is 14.3. The van der Waals surface area contributed by atoms with E-state index in [1.807, 2.05) is 23.1 Å². The molecule has 1 amide bonds. The highest BCUT2D eigenvalue weighted by molar-refractivity contribution is 9.10. The van der Waals surface area contributed by atoms with Gasteiger partial charge in [-0.3, -0.25) is 4.79 Å². The number of hydrogen-bond acceptors (Lipinski definition) is 2. The van der Waals surface area contributed by atoms with E-state index in [1.165, 1.54) is 11.1 Å². The predicted molar refractivity (Wildman–Crippen MR) is 90.1 cm³/mol. The summed E-state index contributed by atoms with van der Waals surface area (Å²) in [7, 11) is 1.68. The second-order valence-corrected chi connectivity index (χ2v) is 6.40. The first-order valence-electron chi connectivity index (χ1n) is 7.29. The summed E-state index contributed by atoms with van der Waals surface area (Å²) in [5.41, 5.74) is 3.57. The Balaban J connectivity index is 2.10. The maximum atomic E-state index is 12.1. The molecular formula is C18H18BrNO2. The first-order valence-corrected chi connectivity index (χ1v) is 8.09. The average molecular weight is 360 g/mol. The van der Waals surface area contributed by atoms with Gasteiger partial charge in [-0.1, -0.05) is 34.1 Å². The number of carbonyl (C=O) groups excluding carboxylic acids is 1. The average Bonchev–Trinajstić information content (AvgIpc) is 2.54. The van der Waals surface area contributed by atoms with E-state index in [-0.39, 0.29) is 11.9 Å². The second kappa shape index (κ2) is 6.13. The lowest BCUT2D eigenvalue weighted by atomic mass is 9.88. The van der Waals surface area contributed by atoms with Crippen molar-refractivity contribution in [1.82, 2.24) is 4.90 Å². The van der Waals surface area contributed by atoms with Crippen molar-refractivity contribution in [3.8, 4) is 5.75 Å².